The molecule has 1 N–H and O–H groups in total. The predicted octanol–water partition coefficient (Wildman–Crippen LogP) is 4.80. The van der Waals surface area contributed by atoms with E-state index in [0.29, 0.717) is 28.7 Å². The monoisotopic (exact) mass is 411 g/mol. The van der Waals surface area contributed by atoms with Gasteiger partial charge in [0, 0.05) is 39.1 Å². The first-order valence-corrected chi connectivity index (χ1v) is 9.63. The van der Waals surface area contributed by atoms with Crippen LogP contribution in [0.15, 0.2) is 42.5 Å². The molecule has 1 aliphatic heterocycles. The van der Waals surface area contributed by atoms with E-state index in [9.17, 15) is 4.79 Å². The van der Waals surface area contributed by atoms with Crippen LogP contribution in [0.4, 0.5) is 11.4 Å². The van der Waals surface area contributed by atoms with E-state index < -0.39 is 0 Å². The van der Waals surface area contributed by atoms with Crippen LogP contribution in [0.25, 0.3) is 0 Å². The molecule has 0 aliphatic carbocycles. The zero-order valence-corrected chi connectivity index (χ0v) is 16.5. The third-order valence-corrected chi connectivity index (χ3v) is 5.40. The number of piperazine rings is 1. The predicted molar refractivity (Wildman–Crippen MR) is 110 cm³/mol. The van der Waals surface area contributed by atoms with E-state index in [1.165, 1.54) is 0 Å². The average molecular weight is 413 g/mol. The van der Waals surface area contributed by atoms with Crippen LogP contribution in [0.5, 0.6) is 0 Å². The van der Waals surface area contributed by atoms with Crippen molar-refractivity contribution in [1.82, 2.24) is 4.90 Å². The van der Waals surface area contributed by atoms with Crippen molar-refractivity contribution in [3.8, 4) is 0 Å². The minimum atomic E-state index is -0.0893. The third-order valence-electron chi connectivity index (χ3n) is 4.45. The highest BCUT2D eigenvalue weighted by Gasteiger charge is 2.19. The summed E-state index contributed by atoms with van der Waals surface area (Å²) in [6, 6.07) is 13.0. The normalized spacial score (nSPS) is 15.1. The smallest absolute Gasteiger partial charge is 0.225 e. The molecule has 4 nitrogen and oxygen atoms in total. The van der Waals surface area contributed by atoms with Gasteiger partial charge < -0.3 is 10.2 Å². The van der Waals surface area contributed by atoms with Gasteiger partial charge in [-0.3, -0.25) is 9.69 Å². The lowest BCUT2D eigenvalue weighted by atomic mass is 10.2. The third kappa shape index (κ3) is 4.83. The van der Waals surface area contributed by atoms with Gasteiger partial charge in [0.2, 0.25) is 5.91 Å². The van der Waals surface area contributed by atoms with Crippen molar-refractivity contribution in [2.45, 2.75) is 6.42 Å². The fraction of sp³-hybridized carbons (Fsp3) is 0.316. The maximum absolute atomic E-state index is 12.2. The summed E-state index contributed by atoms with van der Waals surface area (Å²) < 4.78 is 0. The molecule has 0 bridgehead atoms. The molecule has 1 heterocycles. The molecule has 26 heavy (non-hydrogen) atoms. The van der Waals surface area contributed by atoms with Gasteiger partial charge in [-0.25, -0.2) is 0 Å². The van der Waals surface area contributed by atoms with E-state index in [2.05, 4.69) is 15.1 Å². The van der Waals surface area contributed by atoms with Crippen LogP contribution in [0.1, 0.15) is 6.42 Å². The van der Waals surface area contributed by atoms with Gasteiger partial charge in [0.15, 0.2) is 0 Å². The van der Waals surface area contributed by atoms with Crippen molar-refractivity contribution in [2.75, 3.05) is 42.9 Å². The lowest BCUT2D eigenvalue weighted by molar-refractivity contribution is -0.116. The number of hydrogen-bond donors (Lipinski definition) is 1. The molecule has 0 radical (unpaired) electrons. The summed E-state index contributed by atoms with van der Waals surface area (Å²) in [4.78, 5) is 16.8. The Bertz CT molecular complexity index is 756. The summed E-state index contributed by atoms with van der Waals surface area (Å²) in [5, 5.41) is 4.47. The number of para-hydroxylation sites is 2. The van der Waals surface area contributed by atoms with Crippen molar-refractivity contribution in [3.05, 3.63) is 57.5 Å². The van der Waals surface area contributed by atoms with Crippen LogP contribution in [0.2, 0.25) is 15.1 Å². The van der Waals surface area contributed by atoms with E-state index in [1.54, 1.807) is 18.2 Å². The minimum Gasteiger partial charge on any atom is -0.368 e. The molecule has 0 spiro atoms. The molecule has 0 aromatic heterocycles. The molecular formula is C19H20Cl3N3O. The molecule has 138 valence electrons. The first-order valence-electron chi connectivity index (χ1n) is 8.50. The second-order valence-electron chi connectivity index (χ2n) is 6.17. The summed E-state index contributed by atoms with van der Waals surface area (Å²) in [7, 11) is 0. The van der Waals surface area contributed by atoms with Crippen molar-refractivity contribution < 1.29 is 4.79 Å². The highest BCUT2D eigenvalue weighted by atomic mass is 35.5. The Morgan fingerprint density at radius 2 is 1.50 bits per heavy atom. The number of benzene rings is 2. The molecule has 1 amide bonds. The number of nitrogens with zero attached hydrogens (tertiary/aromatic N) is 2. The highest BCUT2D eigenvalue weighted by Crippen LogP contribution is 2.30. The topological polar surface area (TPSA) is 35.6 Å². The maximum atomic E-state index is 12.2. The van der Waals surface area contributed by atoms with Gasteiger partial charge in [0.05, 0.1) is 26.4 Å². The molecule has 2 aromatic rings. The van der Waals surface area contributed by atoms with Crippen LogP contribution >= 0.6 is 34.8 Å². The molecule has 1 saturated heterocycles. The number of carbonyl (C=O) groups is 1. The molecule has 0 atom stereocenters. The second kappa shape index (κ2) is 8.96. The van der Waals surface area contributed by atoms with Gasteiger partial charge in [0.1, 0.15) is 0 Å². The van der Waals surface area contributed by atoms with Crippen molar-refractivity contribution in [2.24, 2.45) is 0 Å². The Morgan fingerprint density at radius 3 is 2.15 bits per heavy atom. The number of rotatable bonds is 5. The zero-order valence-electron chi connectivity index (χ0n) is 14.2. The number of carbonyl (C=O) groups excluding carboxylic acids is 1. The van der Waals surface area contributed by atoms with E-state index in [4.69, 9.17) is 34.8 Å². The fourth-order valence-corrected chi connectivity index (χ4v) is 3.75. The minimum absolute atomic E-state index is 0.0893. The Balaban J connectivity index is 1.46. The number of nitrogens with one attached hydrogen (secondary N) is 1. The molecule has 1 fully saturated rings. The van der Waals surface area contributed by atoms with Gasteiger partial charge in [-0.1, -0.05) is 53.0 Å². The van der Waals surface area contributed by atoms with E-state index in [0.717, 1.165) is 36.9 Å². The molecule has 7 heteroatoms. The van der Waals surface area contributed by atoms with Crippen molar-refractivity contribution in [3.63, 3.8) is 0 Å². The standard InChI is InChI=1S/C19H20Cl3N3O/c20-14-4-1-2-7-17(14)25-12-10-24(11-13-25)9-8-18(26)23-19-15(21)5-3-6-16(19)22/h1-7H,8-13H2,(H,23,26). The second-order valence-corrected chi connectivity index (χ2v) is 7.40. The summed E-state index contributed by atoms with van der Waals surface area (Å²) in [5.41, 5.74) is 1.55. The van der Waals surface area contributed by atoms with E-state index in [-0.39, 0.29) is 5.91 Å². The largest absolute Gasteiger partial charge is 0.368 e. The Hall–Kier alpha value is -1.46. The van der Waals surface area contributed by atoms with Gasteiger partial charge in [-0.2, -0.15) is 0 Å². The van der Waals surface area contributed by atoms with Gasteiger partial charge in [-0.05, 0) is 24.3 Å². The molecule has 1 aliphatic rings. The van der Waals surface area contributed by atoms with Crippen LogP contribution < -0.4 is 10.2 Å². The Labute approximate surface area is 168 Å². The summed E-state index contributed by atoms with van der Waals surface area (Å²) in [6.45, 7) is 4.27. The maximum Gasteiger partial charge on any atom is 0.225 e. The number of hydrogen-bond acceptors (Lipinski definition) is 3. The Morgan fingerprint density at radius 1 is 0.885 bits per heavy atom. The fourth-order valence-electron chi connectivity index (χ4n) is 3.00. The molecule has 0 saturated carbocycles. The number of amides is 1. The van der Waals surface area contributed by atoms with Crippen molar-refractivity contribution >= 4 is 52.1 Å². The van der Waals surface area contributed by atoms with Crippen LogP contribution in [-0.4, -0.2) is 43.5 Å². The molecule has 0 unspecified atom stereocenters. The zero-order chi connectivity index (χ0) is 18.5. The highest BCUT2D eigenvalue weighted by molar-refractivity contribution is 6.39. The lowest BCUT2D eigenvalue weighted by Crippen LogP contribution is -2.47. The summed E-state index contributed by atoms with van der Waals surface area (Å²) >= 11 is 18.4. The van der Waals surface area contributed by atoms with Gasteiger partial charge >= 0.3 is 0 Å². The SMILES string of the molecule is O=C(CCN1CCN(c2ccccc2Cl)CC1)Nc1c(Cl)cccc1Cl. The molecule has 3 rings (SSSR count). The van der Waals surface area contributed by atoms with E-state index >= 15 is 0 Å². The van der Waals surface area contributed by atoms with Crippen molar-refractivity contribution in [1.29, 1.82) is 0 Å². The summed E-state index contributed by atoms with van der Waals surface area (Å²) in [6.07, 6.45) is 0.396. The average Bonchev–Trinajstić information content (AvgIpc) is 2.64. The van der Waals surface area contributed by atoms with E-state index in [1.807, 2.05) is 24.3 Å². The summed E-state index contributed by atoms with van der Waals surface area (Å²) in [5.74, 6) is -0.0893. The first-order chi connectivity index (χ1) is 12.5. The van der Waals surface area contributed by atoms with Crippen LogP contribution in [-0.2, 0) is 4.79 Å². The molecule has 2 aromatic carbocycles. The van der Waals surface area contributed by atoms with Crippen LogP contribution in [0, 0.1) is 0 Å². The first kappa shape index (κ1) is 19.3. The van der Waals surface area contributed by atoms with Gasteiger partial charge in [0.25, 0.3) is 0 Å². The number of anilines is 2. The Kier molecular flexibility index (Phi) is 6.65. The molecular weight excluding hydrogens is 393 g/mol. The van der Waals surface area contributed by atoms with Gasteiger partial charge in [-0.15, -0.1) is 0 Å². The quantitative estimate of drug-likeness (QED) is 0.766. The number of halogens is 3. The lowest BCUT2D eigenvalue weighted by Gasteiger charge is -2.36. The van der Waals surface area contributed by atoms with Crippen LogP contribution in [0.3, 0.4) is 0 Å².